The number of aliphatic carboxylic acids is 1. The zero-order chi connectivity index (χ0) is 17.4. The van der Waals surface area contributed by atoms with Crippen LogP contribution < -0.4 is 10.1 Å². The lowest BCUT2D eigenvalue weighted by atomic mass is 9.82. The summed E-state index contributed by atoms with van der Waals surface area (Å²) in [5.41, 5.74) is 0.238. The minimum Gasteiger partial charge on any atom is -0.481 e. The molecule has 0 unspecified atom stereocenters. The molecular formula is C15H12ClF2NO5. The number of alkyl halides is 2. The van der Waals surface area contributed by atoms with Crippen molar-refractivity contribution in [3.63, 3.8) is 0 Å². The van der Waals surface area contributed by atoms with Gasteiger partial charge in [-0.2, -0.15) is 8.78 Å². The van der Waals surface area contributed by atoms with E-state index in [1.807, 2.05) is 0 Å². The largest absolute Gasteiger partial charge is 0.481 e. The zero-order valence-electron chi connectivity index (χ0n) is 12.0. The van der Waals surface area contributed by atoms with Gasteiger partial charge in [0.2, 0.25) is 5.91 Å². The molecule has 24 heavy (non-hydrogen) atoms. The summed E-state index contributed by atoms with van der Waals surface area (Å²) < 4.78 is 34.0. The van der Waals surface area contributed by atoms with E-state index in [0.29, 0.717) is 0 Å². The van der Waals surface area contributed by atoms with E-state index in [1.54, 1.807) is 12.2 Å². The fraction of sp³-hybridized carbons (Fsp3) is 0.333. The number of carbonyl (C=O) groups is 2. The molecule has 0 saturated carbocycles. The van der Waals surface area contributed by atoms with Gasteiger partial charge in [-0.3, -0.25) is 9.59 Å². The van der Waals surface area contributed by atoms with Gasteiger partial charge in [0.1, 0.15) is 11.7 Å². The molecule has 1 aromatic carbocycles. The molecule has 1 fully saturated rings. The van der Waals surface area contributed by atoms with Crippen LogP contribution in [0.4, 0.5) is 14.5 Å². The Morgan fingerprint density at radius 2 is 1.92 bits per heavy atom. The van der Waals surface area contributed by atoms with E-state index >= 15 is 0 Å². The third-order valence-corrected chi connectivity index (χ3v) is 4.20. The van der Waals surface area contributed by atoms with Crippen molar-refractivity contribution in [3.8, 4) is 5.75 Å². The average molecular weight is 360 g/mol. The molecule has 2 heterocycles. The smallest absolute Gasteiger partial charge is 0.387 e. The second-order valence-electron chi connectivity index (χ2n) is 5.35. The van der Waals surface area contributed by atoms with Crippen molar-refractivity contribution in [2.45, 2.75) is 18.8 Å². The van der Waals surface area contributed by atoms with Crippen LogP contribution in [-0.2, 0) is 14.3 Å². The number of rotatable bonds is 5. The first-order chi connectivity index (χ1) is 11.4. The van der Waals surface area contributed by atoms with Crippen LogP contribution in [-0.4, -0.2) is 35.8 Å². The minimum absolute atomic E-state index is 0.105. The van der Waals surface area contributed by atoms with Crippen LogP contribution in [0, 0.1) is 11.8 Å². The SMILES string of the molecule is O=C(O)[C@@H]1[C@H](C(=O)Nc2ccc(OC(F)F)c(Cl)c2)[C@H]2C=C[C@H]1O2. The summed E-state index contributed by atoms with van der Waals surface area (Å²) in [7, 11) is 0. The number of carboxylic acid groups (broad SMARTS) is 1. The number of carboxylic acids is 1. The molecule has 2 aliphatic rings. The molecule has 2 N–H and O–H groups in total. The van der Waals surface area contributed by atoms with Gasteiger partial charge >= 0.3 is 12.6 Å². The van der Waals surface area contributed by atoms with Gasteiger partial charge in [0, 0.05) is 5.69 Å². The lowest BCUT2D eigenvalue weighted by molar-refractivity contribution is -0.145. The first kappa shape index (κ1) is 16.7. The van der Waals surface area contributed by atoms with E-state index in [9.17, 15) is 23.5 Å². The Bertz CT molecular complexity index is 711. The second kappa shape index (κ2) is 6.37. The number of ether oxygens (including phenoxy) is 2. The number of anilines is 1. The van der Waals surface area contributed by atoms with Crippen LogP contribution in [0.1, 0.15) is 0 Å². The minimum atomic E-state index is -3.02. The number of amides is 1. The number of halogens is 3. The maximum Gasteiger partial charge on any atom is 0.387 e. The number of hydrogen-bond donors (Lipinski definition) is 2. The van der Waals surface area contributed by atoms with E-state index in [0.717, 1.165) is 0 Å². The highest BCUT2D eigenvalue weighted by atomic mass is 35.5. The van der Waals surface area contributed by atoms with E-state index in [4.69, 9.17) is 16.3 Å². The number of nitrogens with one attached hydrogen (secondary N) is 1. The quantitative estimate of drug-likeness (QED) is 0.789. The van der Waals surface area contributed by atoms with Crippen LogP contribution in [0.15, 0.2) is 30.4 Å². The first-order valence-electron chi connectivity index (χ1n) is 6.98. The first-order valence-corrected chi connectivity index (χ1v) is 7.36. The van der Waals surface area contributed by atoms with Gasteiger partial charge in [-0.05, 0) is 18.2 Å². The predicted molar refractivity (Wildman–Crippen MR) is 79.1 cm³/mol. The molecular weight excluding hydrogens is 348 g/mol. The van der Waals surface area contributed by atoms with Gasteiger partial charge in [-0.25, -0.2) is 0 Å². The molecule has 2 aliphatic heterocycles. The lowest BCUT2D eigenvalue weighted by Crippen LogP contribution is -2.39. The fourth-order valence-corrected chi connectivity index (χ4v) is 3.14. The van der Waals surface area contributed by atoms with Crippen molar-refractivity contribution < 1.29 is 33.0 Å². The molecule has 1 amide bonds. The van der Waals surface area contributed by atoms with Gasteiger partial charge in [0.25, 0.3) is 0 Å². The van der Waals surface area contributed by atoms with Gasteiger partial charge in [0.05, 0.1) is 23.1 Å². The third kappa shape index (κ3) is 3.07. The fourth-order valence-electron chi connectivity index (χ4n) is 2.91. The Labute approximate surface area is 140 Å². The third-order valence-electron chi connectivity index (χ3n) is 3.90. The Morgan fingerprint density at radius 1 is 1.25 bits per heavy atom. The molecule has 0 radical (unpaired) electrons. The van der Waals surface area contributed by atoms with Crippen LogP contribution in [0.3, 0.4) is 0 Å². The van der Waals surface area contributed by atoms with Crippen LogP contribution in [0.2, 0.25) is 5.02 Å². The molecule has 9 heteroatoms. The van der Waals surface area contributed by atoms with E-state index in [2.05, 4.69) is 10.1 Å². The van der Waals surface area contributed by atoms with E-state index in [1.165, 1.54) is 18.2 Å². The Balaban J connectivity index is 1.74. The van der Waals surface area contributed by atoms with Crippen LogP contribution >= 0.6 is 11.6 Å². The summed E-state index contributed by atoms with van der Waals surface area (Å²) in [5, 5.41) is 11.7. The average Bonchev–Trinajstić information content (AvgIpc) is 3.10. The highest BCUT2D eigenvalue weighted by Crippen LogP contribution is 2.40. The van der Waals surface area contributed by atoms with Crippen molar-refractivity contribution >= 4 is 29.2 Å². The topological polar surface area (TPSA) is 84.9 Å². The molecule has 2 bridgehead atoms. The lowest BCUT2D eigenvalue weighted by Gasteiger charge is -2.21. The molecule has 1 aromatic rings. The molecule has 6 nitrogen and oxygen atoms in total. The van der Waals surface area contributed by atoms with Gasteiger partial charge in [-0.1, -0.05) is 23.8 Å². The predicted octanol–water partition coefficient (Wildman–Crippen LogP) is 2.53. The molecule has 4 atom stereocenters. The van der Waals surface area contributed by atoms with Crippen LogP contribution in [0.25, 0.3) is 0 Å². The maximum atomic E-state index is 12.4. The van der Waals surface area contributed by atoms with Crippen molar-refractivity contribution in [1.82, 2.24) is 0 Å². The summed E-state index contributed by atoms with van der Waals surface area (Å²) >= 11 is 5.82. The summed E-state index contributed by atoms with van der Waals surface area (Å²) in [6.45, 7) is -3.02. The van der Waals surface area contributed by atoms with Crippen LogP contribution in [0.5, 0.6) is 5.75 Å². The summed E-state index contributed by atoms with van der Waals surface area (Å²) in [5.74, 6) is -3.74. The molecule has 3 rings (SSSR count). The van der Waals surface area contributed by atoms with Crippen molar-refractivity contribution in [2.24, 2.45) is 11.8 Å². The maximum absolute atomic E-state index is 12.4. The summed E-state index contributed by atoms with van der Waals surface area (Å²) in [6, 6.07) is 3.77. The van der Waals surface area contributed by atoms with E-state index < -0.39 is 42.5 Å². The molecule has 128 valence electrons. The van der Waals surface area contributed by atoms with Crippen molar-refractivity contribution in [3.05, 3.63) is 35.4 Å². The summed E-state index contributed by atoms with van der Waals surface area (Å²) in [6.07, 6.45) is 2.04. The van der Waals surface area contributed by atoms with Gasteiger partial charge in [0.15, 0.2) is 0 Å². The second-order valence-corrected chi connectivity index (χ2v) is 5.76. The number of carbonyl (C=O) groups excluding carboxylic acids is 1. The molecule has 0 spiro atoms. The van der Waals surface area contributed by atoms with E-state index in [-0.39, 0.29) is 16.5 Å². The van der Waals surface area contributed by atoms with Gasteiger partial charge in [-0.15, -0.1) is 0 Å². The molecule has 0 aromatic heterocycles. The zero-order valence-corrected chi connectivity index (χ0v) is 12.7. The normalized spacial score (nSPS) is 27.5. The van der Waals surface area contributed by atoms with Crippen molar-refractivity contribution in [1.29, 1.82) is 0 Å². The van der Waals surface area contributed by atoms with Gasteiger partial charge < -0.3 is 19.9 Å². The number of benzene rings is 1. The molecule has 0 aliphatic carbocycles. The number of fused-ring (bicyclic) bond motifs is 2. The Kier molecular flexibility index (Phi) is 4.42. The highest BCUT2D eigenvalue weighted by Gasteiger charge is 2.53. The number of hydrogen-bond acceptors (Lipinski definition) is 4. The Morgan fingerprint density at radius 3 is 2.50 bits per heavy atom. The summed E-state index contributed by atoms with van der Waals surface area (Å²) in [4.78, 5) is 23.8. The Hall–Kier alpha value is -2.19. The van der Waals surface area contributed by atoms with Crippen molar-refractivity contribution in [2.75, 3.05) is 5.32 Å². The molecule has 1 saturated heterocycles. The monoisotopic (exact) mass is 359 g/mol. The standard InChI is InChI=1S/C15H12ClF2NO5/c16-7-5-6(1-2-8(7)24-15(17)18)19-13(20)11-9-3-4-10(23-9)12(11)14(21)22/h1-5,9-12,15H,(H,19,20)(H,21,22)/t9-,10-,11-,12+/m1/s1. The highest BCUT2D eigenvalue weighted by molar-refractivity contribution is 6.32.